The minimum absolute atomic E-state index is 0.120. The number of oxazole rings is 1. The highest BCUT2D eigenvalue weighted by molar-refractivity contribution is 5.90. The van der Waals surface area contributed by atoms with Gasteiger partial charge in [0.2, 0.25) is 0 Å². The topological polar surface area (TPSA) is 83.6 Å². The molecule has 2 fully saturated rings. The van der Waals surface area contributed by atoms with E-state index in [2.05, 4.69) is 29.2 Å². The molecular weight excluding hydrogens is 392 g/mol. The standard InChI is InChI=1S/C25H24N2O4/c1-16-14-19(24(29)30)6-7-20(16)17-2-4-18(5-3-17)21-15-25(21)8-11-27(12-9-25)23(28)22-26-10-13-31-22/h2-7,10,13-14,21H,8-9,11-12,15H2,1H3,(H,29,30)/t21-/m1/s1. The molecule has 6 nitrogen and oxygen atoms in total. The first-order valence-corrected chi connectivity index (χ1v) is 10.6. The number of carbonyl (C=O) groups excluding carboxylic acids is 1. The van der Waals surface area contributed by atoms with E-state index in [0.717, 1.165) is 42.6 Å². The van der Waals surface area contributed by atoms with Crippen molar-refractivity contribution >= 4 is 11.9 Å². The van der Waals surface area contributed by atoms with Gasteiger partial charge in [-0.1, -0.05) is 30.3 Å². The van der Waals surface area contributed by atoms with Gasteiger partial charge in [0.25, 0.3) is 5.89 Å². The maximum Gasteiger partial charge on any atom is 0.335 e. The van der Waals surface area contributed by atoms with E-state index < -0.39 is 5.97 Å². The Morgan fingerprint density at radius 1 is 1.13 bits per heavy atom. The molecule has 158 valence electrons. The van der Waals surface area contributed by atoms with E-state index in [9.17, 15) is 9.59 Å². The molecule has 1 aliphatic carbocycles. The highest BCUT2D eigenvalue weighted by atomic mass is 16.4. The third-order valence-electron chi connectivity index (χ3n) is 6.95. The van der Waals surface area contributed by atoms with Crippen LogP contribution < -0.4 is 0 Å². The summed E-state index contributed by atoms with van der Waals surface area (Å²) in [5, 5.41) is 9.16. The lowest BCUT2D eigenvalue weighted by Crippen LogP contribution is -2.39. The lowest BCUT2D eigenvalue weighted by atomic mass is 9.88. The van der Waals surface area contributed by atoms with Gasteiger partial charge in [0, 0.05) is 13.1 Å². The maximum absolute atomic E-state index is 12.4. The third-order valence-corrected chi connectivity index (χ3v) is 6.95. The summed E-state index contributed by atoms with van der Waals surface area (Å²) in [7, 11) is 0. The molecule has 0 radical (unpaired) electrons. The Balaban J connectivity index is 1.25. The number of carboxylic acids is 1. The molecule has 2 heterocycles. The molecule has 1 saturated carbocycles. The Labute approximate surface area is 180 Å². The van der Waals surface area contributed by atoms with Crippen LogP contribution >= 0.6 is 0 Å². The Morgan fingerprint density at radius 2 is 1.87 bits per heavy atom. The van der Waals surface area contributed by atoms with Crippen LogP contribution in [0.1, 0.15) is 57.4 Å². The number of likely N-dealkylation sites (tertiary alicyclic amines) is 1. The van der Waals surface area contributed by atoms with E-state index in [4.69, 9.17) is 9.52 Å². The van der Waals surface area contributed by atoms with Crippen LogP contribution in [-0.4, -0.2) is 40.0 Å². The molecule has 6 heteroatoms. The minimum Gasteiger partial charge on any atom is -0.478 e. The smallest absolute Gasteiger partial charge is 0.335 e. The first-order valence-electron chi connectivity index (χ1n) is 10.6. The van der Waals surface area contributed by atoms with E-state index in [1.54, 1.807) is 12.1 Å². The van der Waals surface area contributed by atoms with Gasteiger partial charge in [-0.15, -0.1) is 0 Å². The lowest BCUT2D eigenvalue weighted by molar-refractivity contribution is 0.0633. The van der Waals surface area contributed by atoms with Crippen LogP contribution in [0.15, 0.2) is 59.3 Å². The highest BCUT2D eigenvalue weighted by Crippen LogP contribution is 2.65. The van der Waals surface area contributed by atoms with Crippen molar-refractivity contribution in [2.75, 3.05) is 13.1 Å². The predicted molar refractivity (Wildman–Crippen MR) is 115 cm³/mol. The summed E-state index contributed by atoms with van der Waals surface area (Å²) in [4.78, 5) is 29.4. The van der Waals surface area contributed by atoms with Crippen LogP contribution in [0.25, 0.3) is 11.1 Å². The van der Waals surface area contributed by atoms with Crippen molar-refractivity contribution in [2.24, 2.45) is 5.41 Å². The van der Waals surface area contributed by atoms with E-state index in [-0.39, 0.29) is 11.8 Å². The number of carboxylic acid groups (broad SMARTS) is 1. The van der Waals surface area contributed by atoms with Gasteiger partial charge >= 0.3 is 11.9 Å². The van der Waals surface area contributed by atoms with Gasteiger partial charge in [-0.25, -0.2) is 9.78 Å². The molecule has 1 aromatic heterocycles. The van der Waals surface area contributed by atoms with Crippen molar-refractivity contribution in [2.45, 2.75) is 32.1 Å². The zero-order valence-electron chi connectivity index (χ0n) is 17.4. The largest absolute Gasteiger partial charge is 0.478 e. The number of piperidine rings is 1. The molecule has 0 bridgehead atoms. The second-order valence-corrected chi connectivity index (χ2v) is 8.71. The number of carbonyl (C=O) groups is 2. The van der Waals surface area contributed by atoms with Crippen molar-refractivity contribution in [3.05, 3.63) is 77.5 Å². The van der Waals surface area contributed by atoms with Gasteiger partial charge in [0.15, 0.2) is 0 Å². The summed E-state index contributed by atoms with van der Waals surface area (Å²) in [6.07, 6.45) is 6.10. The fourth-order valence-electron chi connectivity index (χ4n) is 5.01. The molecule has 3 aromatic rings. The summed E-state index contributed by atoms with van der Waals surface area (Å²) in [5.74, 6) is -0.315. The van der Waals surface area contributed by atoms with Crippen molar-refractivity contribution < 1.29 is 19.1 Å². The minimum atomic E-state index is -0.905. The van der Waals surface area contributed by atoms with E-state index in [1.165, 1.54) is 24.4 Å². The second-order valence-electron chi connectivity index (χ2n) is 8.71. The van der Waals surface area contributed by atoms with Gasteiger partial charge in [0.1, 0.15) is 6.26 Å². The molecule has 0 unspecified atom stereocenters. The summed E-state index contributed by atoms with van der Waals surface area (Å²) in [5.41, 5.74) is 5.06. The van der Waals surface area contributed by atoms with Crippen molar-refractivity contribution in [3.8, 4) is 11.1 Å². The number of hydrogen-bond donors (Lipinski definition) is 1. The number of nitrogens with zero attached hydrogens (tertiary/aromatic N) is 2. The molecule has 1 amide bonds. The molecule has 1 atom stereocenters. The van der Waals surface area contributed by atoms with Gasteiger partial charge in [-0.3, -0.25) is 4.79 Å². The van der Waals surface area contributed by atoms with Crippen LogP contribution in [0.5, 0.6) is 0 Å². The number of benzene rings is 2. The molecule has 1 aliphatic heterocycles. The number of amides is 1. The second kappa shape index (κ2) is 7.38. The van der Waals surface area contributed by atoms with Crippen LogP contribution in [-0.2, 0) is 0 Å². The Morgan fingerprint density at radius 3 is 2.48 bits per heavy atom. The van der Waals surface area contributed by atoms with Crippen LogP contribution in [0.3, 0.4) is 0 Å². The van der Waals surface area contributed by atoms with Gasteiger partial charge in [0.05, 0.1) is 11.8 Å². The summed E-state index contributed by atoms with van der Waals surface area (Å²) >= 11 is 0. The predicted octanol–water partition coefficient (Wildman–Crippen LogP) is 4.76. The SMILES string of the molecule is Cc1cc(C(=O)O)ccc1-c1ccc([C@H]2CC23CCN(C(=O)c2ncco2)CC3)cc1. The average molecular weight is 416 g/mol. The number of rotatable bonds is 4. The zero-order valence-corrected chi connectivity index (χ0v) is 17.4. The first-order chi connectivity index (χ1) is 15.0. The molecule has 1 N–H and O–H groups in total. The molecule has 1 spiro atoms. The number of aromatic nitrogens is 1. The van der Waals surface area contributed by atoms with E-state index >= 15 is 0 Å². The average Bonchev–Trinajstić information content (AvgIpc) is 3.20. The quantitative estimate of drug-likeness (QED) is 0.663. The van der Waals surface area contributed by atoms with Gasteiger partial charge in [-0.2, -0.15) is 0 Å². The van der Waals surface area contributed by atoms with Crippen LogP contribution in [0, 0.1) is 12.3 Å². The number of aryl methyl sites for hydroxylation is 1. The molecule has 5 rings (SSSR count). The van der Waals surface area contributed by atoms with Crippen molar-refractivity contribution in [3.63, 3.8) is 0 Å². The van der Waals surface area contributed by atoms with Gasteiger partial charge in [-0.05, 0) is 71.9 Å². The highest BCUT2D eigenvalue weighted by Gasteiger charge is 2.55. The first kappa shape index (κ1) is 19.5. The fraction of sp³-hybridized carbons (Fsp3) is 0.320. The molecule has 1 saturated heterocycles. The Hall–Kier alpha value is -3.41. The fourth-order valence-corrected chi connectivity index (χ4v) is 5.01. The zero-order chi connectivity index (χ0) is 21.6. The van der Waals surface area contributed by atoms with Crippen LogP contribution in [0.4, 0.5) is 0 Å². The normalized spacial score (nSPS) is 19.4. The summed E-state index contributed by atoms with van der Waals surface area (Å²) in [6.45, 7) is 3.43. The summed E-state index contributed by atoms with van der Waals surface area (Å²) in [6, 6.07) is 13.9. The third kappa shape index (κ3) is 3.52. The van der Waals surface area contributed by atoms with E-state index in [0.29, 0.717) is 16.9 Å². The molecule has 2 aromatic carbocycles. The van der Waals surface area contributed by atoms with Crippen molar-refractivity contribution in [1.29, 1.82) is 0 Å². The molecule has 31 heavy (non-hydrogen) atoms. The molecular formula is C25H24N2O4. The Bertz CT molecular complexity index is 1130. The summed E-state index contributed by atoms with van der Waals surface area (Å²) < 4.78 is 5.15. The number of hydrogen-bond acceptors (Lipinski definition) is 4. The van der Waals surface area contributed by atoms with Crippen molar-refractivity contribution in [1.82, 2.24) is 9.88 Å². The Kier molecular flexibility index (Phi) is 4.65. The maximum atomic E-state index is 12.4. The lowest BCUT2D eigenvalue weighted by Gasteiger charge is -2.32. The number of aromatic carboxylic acids is 1. The monoisotopic (exact) mass is 416 g/mol. The molecule has 2 aliphatic rings. The van der Waals surface area contributed by atoms with Gasteiger partial charge < -0.3 is 14.4 Å². The van der Waals surface area contributed by atoms with E-state index in [1.807, 2.05) is 17.9 Å². The van der Waals surface area contributed by atoms with Crippen LogP contribution in [0.2, 0.25) is 0 Å².